The number of benzene rings is 1. The van der Waals surface area contributed by atoms with Crippen LogP contribution in [0.5, 0.6) is 0 Å². The fourth-order valence-corrected chi connectivity index (χ4v) is 4.82. The number of hydrogen-bond donors (Lipinski definition) is 1. The van der Waals surface area contributed by atoms with Crippen molar-refractivity contribution in [3.63, 3.8) is 0 Å². The molecule has 1 saturated heterocycles. The van der Waals surface area contributed by atoms with Gasteiger partial charge in [-0.05, 0) is 38.5 Å². The molecule has 0 bridgehead atoms. The molecule has 1 N–H and O–H groups in total. The Balaban J connectivity index is 0.00000280. The maximum Gasteiger partial charge on any atom is 0.194 e. The fourth-order valence-electron chi connectivity index (χ4n) is 3.46. The van der Waals surface area contributed by atoms with Crippen molar-refractivity contribution >= 4 is 45.5 Å². The molecule has 3 rings (SSSR count). The van der Waals surface area contributed by atoms with Gasteiger partial charge >= 0.3 is 0 Å². The van der Waals surface area contributed by atoms with Gasteiger partial charge in [0.2, 0.25) is 0 Å². The van der Waals surface area contributed by atoms with Crippen LogP contribution >= 0.6 is 24.0 Å². The lowest BCUT2D eigenvalue weighted by atomic mass is 10.2. The lowest BCUT2D eigenvalue weighted by Gasteiger charge is -2.39. The first kappa shape index (κ1) is 23.0. The predicted molar refractivity (Wildman–Crippen MR) is 127 cm³/mol. The minimum absolute atomic E-state index is 0. The number of halogens is 1. The summed E-state index contributed by atoms with van der Waals surface area (Å²) in [7, 11) is -3.06. The number of guanidine groups is 1. The second-order valence-corrected chi connectivity index (χ2v) is 10.5. The average Bonchev–Trinajstić information content (AvgIpc) is 3.16. The van der Waals surface area contributed by atoms with E-state index in [-0.39, 0.29) is 29.7 Å². The monoisotopic (exact) mass is 518 g/mol. The molecule has 0 saturated carbocycles. The highest BCUT2D eigenvalue weighted by Gasteiger charge is 2.40. The smallest absolute Gasteiger partial charge is 0.194 e. The van der Waals surface area contributed by atoms with Crippen LogP contribution in [0.3, 0.4) is 0 Å². The molecule has 0 aromatic heterocycles. The van der Waals surface area contributed by atoms with Crippen LogP contribution in [0.4, 0.5) is 5.69 Å². The van der Waals surface area contributed by atoms with Crippen molar-refractivity contribution in [2.24, 2.45) is 4.99 Å². The van der Waals surface area contributed by atoms with Crippen LogP contribution in [0.15, 0.2) is 41.4 Å². The Morgan fingerprint density at radius 1 is 1.25 bits per heavy atom. The zero-order valence-electron chi connectivity index (χ0n) is 16.9. The molecule has 28 heavy (non-hydrogen) atoms. The molecule has 8 heteroatoms. The molecule has 0 spiro atoms. The summed E-state index contributed by atoms with van der Waals surface area (Å²) in [5.41, 5.74) is 2.36. The maximum atomic E-state index is 12.3. The van der Waals surface area contributed by atoms with Gasteiger partial charge in [0.15, 0.2) is 15.8 Å². The molecule has 2 aliphatic heterocycles. The average molecular weight is 518 g/mol. The van der Waals surface area contributed by atoms with Gasteiger partial charge in [-0.2, -0.15) is 0 Å². The first-order valence-electron chi connectivity index (χ1n) is 9.57. The van der Waals surface area contributed by atoms with E-state index in [1.807, 2.05) is 6.92 Å². The van der Waals surface area contributed by atoms with Crippen LogP contribution in [0.2, 0.25) is 0 Å². The molecule has 2 aliphatic rings. The molecule has 0 unspecified atom stereocenters. The van der Waals surface area contributed by atoms with Gasteiger partial charge in [0.1, 0.15) is 0 Å². The molecule has 6 nitrogen and oxygen atoms in total. The normalized spacial score (nSPS) is 20.8. The summed E-state index contributed by atoms with van der Waals surface area (Å²) >= 11 is 0. The van der Waals surface area contributed by atoms with Crippen LogP contribution in [-0.2, 0) is 16.4 Å². The highest BCUT2D eigenvalue weighted by molar-refractivity contribution is 14.0. The molecule has 1 fully saturated rings. The van der Waals surface area contributed by atoms with Crippen molar-refractivity contribution in [3.8, 4) is 0 Å². The third-order valence-electron chi connectivity index (χ3n) is 5.18. The van der Waals surface area contributed by atoms with Gasteiger partial charge in [-0.3, -0.25) is 0 Å². The molecule has 0 amide bonds. The third-order valence-corrected chi connectivity index (χ3v) is 7.72. The number of rotatable bonds is 4. The van der Waals surface area contributed by atoms with E-state index in [0.29, 0.717) is 19.6 Å². The van der Waals surface area contributed by atoms with Crippen LogP contribution in [0, 0.1) is 0 Å². The fraction of sp³-hybridized carbons (Fsp3) is 0.550. The van der Waals surface area contributed by atoms with Gasteiger partial charge in [-0.15, -0.1) is 24.0 Å². The van der Waals surface area contributed by atoms with Crippen LogP contribution in [0.1, 0.15) is 26.3 Å². The SMILES string of the molecule is CCNC(=NCc1cccc(N2CC=CC2)c1)N1CCS(=O)(=O)C(C)(C)C1.I. The molecule has 0 radical (unpaired) electrons. The summed E-state index contributed by atoms with van der Waals surface area (Å²) in [5, 5.41) is 3.32. The Labute approximate surface area is 186 Å². The van der Waals surface area contributed by atoms with Crippen molar-refractivity contribution < 1.29 is 8.42 Å². The number of nitrogens with one attached hydrogen (secondary N) is 1. The van der Waals surface area contributed by atoms with Crippen molar-refractivity contribution in [2.75, 3.05) is 43.4 Å². The first-order chi connectivity index (χ1) is 12.8. The number of aliphatic imine (C=N–C) groups is 1. The van der Waals surface area contributed by atoms with Crippen LogP contribution in [0.25, 0.3) is 0 Å². The largest absolute Gasteiger partial charge is 0.364 e. The zero-order chi connectivity index (χ0) is 19.5. The molecule has 1 aromatic rings. The summed E-state index contributed by atoms with van der Waals surface area (Å²) < 4.78 is 23.8. The highest BCUT2D eigenvalue weighted by atomic mass is 127. The Morgan fingerprint density at radius 3 is 2.61 bits per heavy atom. The number of hydrogen-bond acceptors (Lipinski definition) is 4. The van der Waals surface area contributed by atoms with E-state index in [0.717, 1.165) is 31.2 Å². The number of anilines is 1. The van der Waals surface area contributed by atoms with Crippen molar-refractivity contribution in [3.05, 3.63) is 42.0 Å². The van der Waals surface area contributed by atoms with Crippen molar-refractivity contribution in [1.82, 2.24) is 10.2 Å². The topological polar surface area (TPSA) is 65.0 Å². The van der Waals surface area contributed by atoms with Gasteiger partial charge in [-0.25, -0.2) is 13.4 Å². The van der Waals surface area contributed by atoms with Gasteiger partial charge < -0.3 is 15.1 Å². The van der Waals surface area contributed by atoms with Gasteiger partial charge in [-0.1, -0.05) is 24.3 Å². The molecule has 0 atom stereocenters. The summed E-state index contributed by atoms with van der Waals surface area (Å²) in [5.74, 6) is 0.954. The first-order valence-corrected chi connectivity index (χ1v) is 11.2. The second-order valence-electron chi connectivity index (χ2n) is 7.72. The number of nitrogens with zero attached hydrogens (tertiary/aromatic N) is 3. The minimum Gasteiger partial charge on any atom is -0.364 e. The van der Waals surface area contributed by atoms with E-state index >= 15 is 0 Å². The standard InChI is InChI=1S/C20H30N4O2S.HI/c1-4-21-19(24-12-13-27(25,26)20(2,3)16-24)22-15-17-8-7-9-18(14-17)23-10-5-6-11-23;/h5-9,14H,4,10-13,15-16H2,1-3H3,(H,21,22);1H. The van der Waals surface area contributed by atoms with E-state index in [1.165, 1.54) is 5.69 Å². The number of sulfone groups is 1. The van der Waals surface area contributed by atoms with Crippen LogP contribution in [-0.4, -0.2) is 62.5 Å². The van der Waals surface area contributed by atoms with Crippen LogP contribution < -0.4 is 10.2 Å². The summed E-state index contributed by atoms with van der Waals surface area (Å²) in [4.78, 5) is 9.18. The Bertz CT molecular complexity index is 828. The molecule has 156 valence electrons. The predicted octanol–water partition coefficient (Wildman–Crippen LogP) is 2.66. The van der Waals surface area contributed by atoms with Crippen molar-refractivity contribution in [1.29, 1.82) is 0 Å². The quantitative estimate of drug-likeness (QED) is 0.288. The maximum absolute atomic E-state index is 12.3. The summed E-state index contributed by atoms with van der Waals surface area (Å²) in [6.07, 6.45) is 4.36. The Hall–Kier alpha value is -1.29. The second kappa shape index (κ2) is 9.47. The zero-order valence-corrected chi connectivity index (χ0v) is 20.0. The molecule has 2 heterocycles. The minimum atomic E-state index is -3.06. The summed E-state index contributed by atoms with van der Waals surface area (Å²) in [6, 6.07) is 8.47. The van der Waals surface area contributed by atoms with Gasteiger partial charge in [0.05, 0.1) is 17.0 Å². The van der Waals surface area contributed by atoms with Gasteiger partial charge in [0.25, 0.3) is 0 Å². The lowest BCUT2D eigenvalue weighted by molar-refractivity contribution is 0.353. The molecular formula is C20H31IN4O2S. The van der Waals surface area contributed by atoms with E-state index in [9.17, 15) is 8.42 Å². The van der Waals surface area contributed by atoms with E-state index in [1.54, 1.807) is 13.8 Å². The van der Waals surface area contributed by atoms with E-state index < -0.39 is 14.6 Å². The van der Waals surface area contributed by atoms with E-state index in [2.05, 4.69) is 51.5 Å². The van der Waals surface area contributed by atoms with Gasteiger partial charge in [0, 0.05) is 38.4 Å². The third kappa shape index (κ3) is 5.20. The highest BCUT2D eigenvalue weighted by Crippen LogP contribution is 2.24. The lowest BCUT2D eigenvalue weighted by Crippen LogP contribution is -2.57. The Kier molecular flexibility index (Phi) is 7.78. The Morgan fingerprint density at radius 2 is 1.96 bits per heavy atom. The van der Waals surface area contributed by atoms with Crippen molar-refractivity contribution in [2.45, 2.75) is 32.1 Å². The molecule has 0 aliphatic carbocycles. The van der Waals surface area contributed by atoms with E-state index in [4.69, 9.17) is 4.99 Å². The summed E-state index contributed by atoms with van der Waals surface area (Å²) in [6.45, 7) is 9.79. The molecule has 1 aromatic carbocycles. The molecular weight excluding hydrogens is 487 g/mol.